The molecule has 0 fully saturated rings. The Kier molecular flexibility index (Phi) is 5.29. The largest absolute Gasteiger partial charge is 0.478 e. The maximum atomic E-state index is 10.3. The number of aromatic carboxylic acids is 2. The van der Waals surface area contributed by atoms with Gasteiger partial charge in [-0.25, -0.2) is 9.59 Å². The van der Waals surface area contributed by atoms with Gasteiger partial charge in [0.05, 0.1) is 11.1 Å². The van der Waals surface area contributed by atoms with Crippen LogP contribution in [0, 0.1) is 6.92 Å². The van der Waals surface area contributed by atoms with Crippen molar-refractivity contribution < 1.29 is 19.8 Å². The Morgan fingerprint density at radius 1 is 0.850 bits per heavy atom. The number of hydrogen-bond donors (Lipinski definition) is 3. The van der Waals surface area contributed by atoms with Crippen molar-refractivity contribution >= 4 is 17.6 Å². The first-order chi connectivity index (χ1) is 9.41. The topological polar surface area (TPSA) is 101 Å². The zero-order valence-electron chi connectivity index (χ0n) is 10.9. The third-order valence-electron chi connectivity index (χ3n) is 2.57. The average Bonchev–Trinajstić information content (AvgIpc) is 2.43. The number of hydrogen-bond acceptors (Lipinski definition) is 3. The number of aryl methyl sites for hydroxylation is 1. The molecule has 0 aliphatic rings. The van der Waals surface area contributed by atoms with E-state index in [9.17, 15) is 9.59 Å². The molecule has 4 N–H and O–H groups in total. The Labute approximate surface area is 116 Å². The summed E-state index contributed by atoms with van der Waals surface area (Å²) in [5, 5.41) is 16.9. The molecule has 0 aliphatic carbocycles. The van der Waals surface area contributed by atoms with E-state index in [-0.39, 0.29) is 11.1 Å². The summed E-state index contributed by atoms with van der Waals surface area (Å²) in [5.74, 6) is -2.13. The Hall–Kier alpha value is -2.82. The van der Waals surface area contributed by atoms with Gasteiger partial charge in [-0.05, 0) is 42.8 Å². The average molecular weight is 273 g/mol. The van der Waals surface area contributed by atoms with Gasteiger partial charge in [0.15, 0.2) is 0 Å². The number of carboxylic acid groups (broad SMARTS) is 2. The number of nitrogens with two attached hydrogens (primary N) is 1. The SMILES string of the molecule is Cc1ccccc1N.O=C(O)c1ccc(C(=O)O)cc1. The molecule has 0 aliphatic heterocycles. The summed E-state index contributed by atoms with van der Waals surface area (Å²) >= 11 is 0. The fourth-order valence-electron chi connectivity index (χ4n) is 1.34. The second-order valence-corrected chi connectivity index (χ2v) is 4.04. The first-order valence-corrected chi connectivity index (χ1v) is 5.79. The van der Waals surface area contributed by atoms with Crippen LogP contribution in [0.5, 0.6) is 0 Å². The Morgan fingerprint density at radius 2 is 1.25 bits per heavy atom. The zero-order chi connectivity index (χ0) is 15.1. The summed E-state index contributed by atoms with van der Waals surface area (Å²) in [4.78, 5) is 20.7. The molecule has 2 aromatic rings. The predicted molar refractivity (Wildman–Crippen MR) is 76.0 cm³/mol. The molecule has 2 rings (SSSR count). The molecule has 0 radical (unpaired) electrons. The molecular formula is C15H15NO4. The first-order valence-electron chi connectivity index (χ1n) is 5.79. The molecule has 0 spiro atoms. The van der Waals surface area contributed by atoms with E-state index in [0.717, 1.165) is 11.3 Å². The lowest BCUT2D eigenvalue weighted by Crippen LogP contribution is -1.99. The van der Waals surface area contributed by atoms with Crippen LogP contribution in [0.1, 0.15) is 26.3 Å². The van der Waals surface area contributed by atoms with E-state index in [1.807, 2.05) is 31.2 Å². The minimum Gasteiger partial charge on any atom is -0.478 e. The highest BCUT2D eigenvalue weighted by Crippen LogP contribution is 2.06. The fourth-order valence-corrected chi connectivity index (χ4v) is 1.34. The summed E-state index contributed by atoms with van der Waals surface area (Å²) in [6.45, 7) is 2.00. The van der Waals surface area contributed by atoms with Crippen molar-refractivity contribution in [2.24, 2.45) is 0 Å². The van der Waals surface area contributed by atoms with Crippen LogP contribution < -0.4 is 5.73 Å². The summed E-state index contributed by atoms with van der Waals surface area (Å²) in [6.07, 6.45) is 0. The molecule has 5 nitrogen and oxygen atoms in total. The lowest BCUT2D eigenvalue weighted by Gasteiger charge is -1.94. The second kappa shape index (κ2) is 6.94. The van der Waals surface area contributed by atoms with Gasteiger partial charge in [-0.15, -0.1) is 0 Å². The molecule has 0 unspecified atom stereocenters. The predicted octanol–water partition coefficient (Wildman–Crippen LogP) is 2.66. The molecule has 0 bridgehead atoms. The van der Waals surface area contributed by atoms with Crippen LogP contribution in [-0.2, 0) is 0 Å². The number of carboxylic acids is 2. The van der Waals surface area contributed by atoms with Crippen LogP contribution in [0.15, 0.2) is 48.5 Å². The zero-order valence-corrected chi connectivity index (χ0v) is 10.9. The van der Waals surface area contributed by atoms with Crippen molar-refractivity contribution in [1.29, 1.82) is 0 Å². The molecule has 0 saturated carbocycles. The minimum absolute atomic E-state index is 0.0833. The number of rotatable bonds is 2. The highest BCUT2D eigenvalue weighted by Gasteiger charge is 2.04. The van der Waals surface area contributed by atoms with Gasteiger partial charge >= 0.3 is 11.9 Å². The van der Waals surface area contributed by atoms with Gasteiger partial charge in [-0.2, -0.15) is 0 Å². The number of para-hydroxylation sites is 1. The second-order valence-electron chi connectivity index (χ2n) is 4.04. The molecule has 0 heterocycles. The van der Waals surface area contributed by atoms with Crippen molar-refractivity contribution in [2.75, 3.05) is 5.73 Å². The van der Waals surface area contributed by atoms with Crippen molar-refractivity contribution in [3.05, 3.63) is 65.2 Å². The molecule has 0 amide bonds. The van der Waals surface area contributed by atoms with E-state index < -0.39 is 11.9 Å². The van der Waals surface area contributed by atoms with Crippen LogP contribution in [0.25, 0.3) is 0 Å². The van der Waals surface area contributed by atoms with Gasteiger partial charge in [-0.1, -0.05) is 18.2 Å². The van der Waals surface area contributed by atoms with Crippen LogP contribution in [0.4, 0.5) is 5.69 Å². The van der Waals surface area contributed by atoms with Crippen LogP contribution in [0.2, 0.25) is 0 Å². The van der Waals surface area contributed by atoms with Gasteiger partial charge in [0.2, 0.25) is 0 Å². The van der Waals surface area contributed by atoms with Crippen LogP contribution >= 0.6 is 0 Å². The normalized spacial score (nSPS) is 9.25. The van der Waals surface area contributed by atoms with Crippen molar-refractivity contribution in [1.82, 2.24) is 0 Å². The van der Waals surface area contributed by atoms with E-state index in [1.54, 1.807) is 0 Å². The summed E-state index contributed by atoms with van der Waals surface area (Å²) in [5.41, 5.74) is 7.70. The van der Waals surface area contributed by atoms with Gasteiger partial charge < -0.3 is 15.9 Å². The maximum absolute atomic E-state index is 10.3. The van der Waals surface area contributed by atoms with E-state index in [1.165, 1.54) is 24.3 Å². The Bertz CT molecular complexity index is 552. The van der Waals surface area contributed by atoms with Crippen LogP contribution in [0.3, 0.4) is 0 Å². The van der Waals surface area contributed by atoms with Gasteiger partial charge in [0.1, 0.15) is 0 Å². The first kappa shape index (κ1) is 15.2. The van der Waals surface area contributed by atoms with Crippen molar-refractivity contribution in [2.45, 2.75) is 6.92 Å². The van der Waals surface area contributed by atoms with Crippen molar-refractivity contribution in [3.63, 3.8) is 0 Å². The minimum atomic E-state index is -1.06. The number of anilines is 1. The van der Waals surface area contributed by atoms with Gasteiger partial charge in [0.25, 0.3) is 0 Å². The monoisotopic (exact) mass is 273 g/mol. The Balaban J connectivity index is 0.000000217. The number of carbonyl (C=O) groups is 2. The quantitative estimate of drug-likeness (QED) is 0.730. The van der Waals surface area contributed by atoms with Crippen LogP contribution in [-0.4, -0.2) is 22.2 Å². The third kappa shape index (κ3) is 4.45. The molecule has 0 saturated heterocycles. The number of nitrogen functional groups attached to an aromatic ring is 1. The standard InChI is InChI=1S/C8H6O4.C7H9N/c9-7(10)5-1-2-6(4-3-5)8(11)12;1-6-4-2-3-5-7(6)8/h1-4H,(H,9,10)(H,11,12);2-5H,8H2,1H3. The molecule has 2 aromatic carbocycles. The molecule has 0 aromatic heterocycles. The van der Waals surface area contributed by atoms with E-state index in [2.05, 4.69) is 0 Å². The summed E-state index contributed by atoms with van der Waals surface area (Å²) < 4.78 is 0. The Morgan fingerprint density at radius 3 is 1.50 bits per heavy atom. The highest BCUT2D eigenvalue weighted by molar-refractivity contribution is 5.91. The lowest BCUT2D eigenvalue weighted by atomic mass is 10.1. The molecule has 5 heteroatoms. The smallest absolute Gasteiger partial charge is 0.335 e. The lowest BCUT2D eigenvalue weighted by molar-refractivity contribution is 0.0681. The van der Waals surface area contributed by atoms with Crippen molar-refractivity contribution in [3.8, 4) is 0 Å². The van der Waals surface area contributed by atoms with Gasteiger partial charge in [-0.3, -0.25) is 0 Å². The molecule has 0 atom stereocenters. The molecule has 104 valence electrons. The van der Waals surface area contributed by atoms with Gasteiger partial charge in [0, 0.05) is 5.69 Å². The maximum Gasteiger partial charge on any atom is 0.335 e. The highest BCUT2D eigenvalue weighted by atomic mass is 16.4. The van der Waals surface area contributed by atoms with E-state index >= 15 is 0 Å². The van der Waals surface area contributed by atoms with E-state index in [4.69, 9.17) is 15.9 Å². The molecule has 20 heavy (non-hydrogen) atoms. The summed E-state index contributed by atoms with van der Waals surface area (Å²) in [7, 11) is 0. The van der Waals surface area contributed by atoms with E-state index in [0.29, 0.717) is 0 Å². The molecular weight excluding hydrogens is 258 g/mol. The third-order valence-corrected chi connectivity index (χ3v) is 2.57. The fraction of sp³-hybridized carbons (Fsp3) is 0.0667. The summed E-state index contributed by atoms with van der Waals surface area (Å²) in [6, 6.07) is 12.8. The number of benzene rings is 2.